The summed E-state index contributed by atoms with van der Waals surface area (Å²) in [4.78, 5) is 16.7. The molecule has 1 N–H and O–H groups in total. The van der Waals surface area contributed by atoms with E-state index in [1.54, 1.807) is 0 Å². The fourth-order valence-corrected chi connectivity index (χ4v) is 2.76. The summed E-state index contributed by atoms with van der Waals surface area (Å²) < 4.78 is 0. The van der Waals surface area contributed by atoms with Crippen LogP contribution in [0.4, 0.5) is 0 Å². The lowest BCUT2D eigenvalue weighted by molar-refractivity contribution is -0.137. The second kappa shape index (κ2) is 5.83. The molecule has 2 aliphatic rings. The molecule has 4 nitrogen and oxygen atoms in total. The van der Waals surface area contributed by atoms with E-state index in [-0.39, 0.29) is 5.92 Å². The smallest absolute Gasteiger partial charge is 0.226 e. The summed E-state index contributed by atoms with van der Waals surface area (Å²) in [6.07, 6.45) is 4.12. The van der Waals surface area contributed by atoms with Gasteiger partial charge in [-0.05, 0) is 19.9 Å². The molecule has 1 saturated carbocycles. The van der Waals surface area contributed by atoms with Crippen LogP contribution < -0.4 is 5.32 Å². The molecule has 0 aromatic heterocycles. The quantitative estimate of drug-likeness (QED) is 0.778. The molecule has 1 heterocycles. The number of carbonyl (C=O) groups is 1. The standard InChI is InChI=1S/C13H25N3O/c1-11(10-14-2)13(17)16-8-6-15(7-9-16)12-4-3-5-12/h11-12,14H,3-10H2,1-2H3. The molecule has 2 fully saturated rings. The minimum atomic E-state index is 0.107. The lowest BCUT2D eigenvalue weighted by Gasteiger charge is -2.43. The molecule has 0 aromatic carbocycles. The average Bonchev–Trinajstić information content (AvgIpc) is 2.27. The summed E-state index contributed by atoms with van der Waals surface area (Å²) in [6.45, 7) is 6.77. The number of rotatable bonds is 4. The number of piperazine rings is 1. The predicted molar refractivity (Wildman–Crippen MR) is 68.9 cm³/mol. The lowest BCUT2D eigenvalue weighted by Crippen LogP contribution is -2.54. The van der Waals surface area contributed by atoms with E-state index in [0.29, 0.717) is 5.91 Å². The largest absolute Gasteiger partial charge is 0.340 e. The number of carbonyl (C=O) groups excluding carboxylic acids is 1. The van der Waals surface area contributed by atoms with Gasteiger partial charge >= 0.3 is 0 Å². The van der Waals surface area contributed by atoms with E-state index in [2.05, 4.69) is 10.2 Å². The summed E-state index contributed by atoms with van der Waals surface area (Å²) in [5, 5.41) is 3.07. The van der Waals surface area contributed by atoms with E-state index in [1.165, 1.54) is 19.3 Å². The van der Waals surface area contributed by atoms with Gasteiger partial charge in [0.25, 0.3) is 0 Å². The van der Waals surface area contributed by atoms with Gasteiger partial charge in [-0.2, -0.15) is 0 Å². The van der Waals surface area contributed by atoms with Gasteiger partial charge < -0.3 is 10.2 Å². The van der Waals surface area contributed by atoms with Gasteiger partial charge in [-0.25, -0.2) is 0 Å². The monoisotopic (exact) mass is 239 g/mol. The lowest BCUT2D eigenvalue weighted by atomic mass is 9.91. The van der Waals surface area contributed by atoms with Crippen LogP contribution in [0.3, 0.4) is 0 Å². The third-order valence-corrected chi connectivity index (χ3v) is 4.15. The fraction of sp³-hybridized carbons (Fsp3) is 0.923. The zero-order valence-corrected chi connectivity index (χ0v) is 11.1. The first-order chi connectivity index (χ1) is 8.22. The highest BCUT2D eigenvalue weighted by Crippen LogP contribution is 2.25. The van der Waals surface area contributed by atoms with Crippen LogP contribution in [0.15, 0.2) is 0 Å². The van der Waals surface area contributed by atoms with Crippen molar-refractivity contribution in [1.29, 1.82) is 0 Å². The Bertz CT molecular complexity index is 257. The maximum Gasteiger partial charge on any atom is 0.226 e. The summed E-state index contributed by atoms with van der Waals surface area (Å²) in [5.74, 6) is 0.419. The normalized spacial score (nSPS) is 24.5. The summed E-state index contributed by atoms with van der Waals surface area (Å²) in [6, 6.07) is 0.821. The van der Waals surface area contributed by atoms with E-state index in [9.17, 15) is 4.79 Å². The summed E-state index contributed by atoms with van der Waals surface area (Å²) in [5.41, 5.74) is 0. The summed E-state index contributed by atoms with van der Waals surface area (Å²) in [7, 11) is 1.90. The molecule has 17 heavy (non-hydrogen) atoms. The van der Waals surface area contributed by atoms with Crippen molar-refractivity contribution in [2.24, 2.45) is 5.92 Å². The van der Waals surface area contributed by atoms with Crippen LogP contribution in [0, 0.1) is 5.92 Å². The number of hydrogen-bond acceptors (Lipinski definition) is 3. The Morgan fingerprint density at radius 3 is 2.41 bits per heavy atom. The maximum atomic E-state index is 12.1. The zero-order chi connectivity index (χ0) is 12.3. The van der Waals surface area contributed by atoms with Crippen LogP contribution in [0.2, 0.25) is 0 Å². The van der Waals surface area contributed by atoms with Crippen molar-refractivity contribution >= 4 is 5.91 Å². The van der Waals surface area contributed by atoms with Gasteiger partial charge in [-0.1, -0.05) is 13.3 Å². The van der Waals surface area contributed by atoms with Crippen LogP contribution >= 0.6 is 0 Å². The Labute approximate surface area is 104 Å². The molecule has 1 saturated heterocycles. The second-order valence-corrected chi connectivity index (χ2v) is 5.40. The Morgan fingerprint density at radius 1 is 1.29 bits per heavy atom. The number of nitrogens with zero attached hydrogens (tertiary/aromatic N) is 2. The van der Waals surface area contributed by atoms with Gasteiger partial charge in [0.1, 0.15) is 0 Å². The van der Waals surface area contributed by atoms with Crippen molar-refractivity contribution in [1.82, 2.24) is 15.1 Å². The molecule has 0 radical (unpaired) electrons. The van der Waals surface area contributed by atoms with Crippen molar-refractivity contribution in [3.8, 4) is 0 Å². The Hall–Kier alpha value is -0.610. The molecule has 1 amide bonds. The van der Waals surface area contributed by atoms with Crippen LogP contribution in [-0.2, 0) is 4.79 Å². The van der Waals surface area contributed by atoms with Crippen molar-refractivity contribution in [2.45, 2.75) is 32.2 Å². The molecule has 0 aromatic rings. The van der Waals surface area contributed by atoms with E-state index in [0.717, 1.165) is 38.8 Å². The molecule has 4 heteroatoms. The van der Waals surface area contributed by atoms with E-state index in [4.69, 9.17) is 0 Å². The third kappa shape index (κ3) is 2.99. The SMILES string of the molecule is CNCC(C)C(=O)N1CCN(C2CCC2)CC1. The highest BCUT2D eigenvalue weighted by molar-refractivity contribution is 5.78. The molecular weight excluding hydrogens is 214 g/mol. The van der Waals surface area contributed by atoms with Gasteiger partial charge in [0.15, 0.2) is 0 Å². The van der Waals surface area contributed by atoms with Crippen molar-refractivity contribution in [3.63, 3.8) is 0 Å². The molecule has 2 rings (SSSR count). The minimum Gasteiger partial charge on any atom is -0.340 e. The zero-order valence-electron chi connectivity index (χ0n) is 11.1. The average molecular weight is 239 g/mol. The highest BCUT2D eigenvalue weighted by Gasteiger charge is 2.30. The van der Waals surface area contributed by atoms with E-state index >= 15 is 0 Å². The van der Waals surface area contributed by atoms with Crippen molar-refractivity contribution < 1.29 is 4.79 Å². The number of nitrogens with one attached hydrogen (secondary N) is 1. The summed E-state index contributed by atoms with van der Waals surface area (Å²) >= 11 is 0. The van der Waals surface area contributed by atoms with E-state index in [1.807, 2.05) is 18.9 Å². The minimum absolute atomic E-state index is 0.107. The van der Waals surface area contributed by atoms with Crippen molar-refractivity contribution in [2.75, 3.05) is 39.8 Å². The molecule has 1 aliphatic carbocycles. The Kier molecular flexibility index (Phi) is 4.40. The number of hydrogen-bond donors (Lipinski definition) is 1. The highest BCUT2D eigenvalue weighted by atomic mass is 16.2. The molecule has 1 aliphatic heterocycles. The van der Waals surface area contributed by atoms with Gasteiger partial charge in [0.2, 0.25) is 5.91 Å². The molecule has 0 spiro atoms. The van der Waals surface area contributed by atoms with Gasteiger partial charge in [-0.3, -0.25) is 9.69 Å². The second-order valence-electron chi connectivity index (χ2n) is 5.40. The topological polar surface area (TPSA) is 35.6 Å². The Balaban J connectivity index is 1.75. The van der Waals surface area contributed by atoms with E-state index < -0.39 is 0 Å². The maximum absolute atomic E-state index is 12.1. The Morgan fingerprint density at radius 2 is 1.94 bits per heavy atom. The molecule has 1 atom stereocenters. The first-order valence-corrected chi connectivity index (χ1v) is 6.90. The third-order valence-electron chi connectivity index (χ3n) is 4.15. The van der Waals surface area contributed by atoms with Crippen molar-refractivity contribution in [3.05, 3.63) is 0 Å². The van der Waals surface area contributed by atoms with Gasteiger partial charge in [0.05, 0.1) is 0 Å². The molecule has 0 bridgehead atoms. The van der Waals surface area contributed by atoms with Crippen LogP contribution in [0.5, 0.6) is 0 Å². The van der Waals surface area contributed by atoms with Crippen LogP contribution in [-0.4, -0.2) is 61.5 Å². The first kappa shape index (κ1) is 12.8. The number of amides is 1. The molecule has 98 valence electrons. The van der Waals surface area contributed by atoms with Gasteiger partial charge in [-0.15, -0.1) is 0 Å². The predicted octanol–water partition coefficient (Wildman–Crippen LogP) is 0.539. The fourth-order valence-electron chi connectivity index (χ4n) is 2.76. The van der Waals surface area contributed by atoms with Crippen LogP contribution in [0.1, 0.15) is 26.2 Å². The molecule has 1 unspecified atom stereocenters. The molecular formula is C13H25N3O. The van der Waals surface area contributed by atoms with Gasteiger partial charge in [0, 0.05) is 44.7 Å². The van der Waals surface area contributed by atoms with Crippen LogP contribution in [0.25, 0.3) is 0 Å². The first-order valence-electron chi connectivity index (χ1n) is 6.90.